The highest BCUT2D eigenvalue weighted by atomic mass is 14.9. The van der Waals surface area contributed by atoms with Crippen molar-refractivity contribution in [3.05, 3.63) is 167 Å². The molecule has 0 amide bonds. The van der Waals surface area contributed by atoms with Crippen molar-refractivity contribution in [2.24, 2.45) is 4.99 Å². The standard InChI is InChI=1S/C50H44N2/c1-32-12-5-6-15-40(32)41-16-7-8-18-47(41)52-39-14-11-13-35(30-39)45-31-44(33-19-21-34(22-20-33)46-17-9-10-27-51-46)42-25-23-36-28-38(50(2,3)4)29-37-24-26-43(45)49(42)48(36)37/h5-16,18-23,25,27-31,46,52H,17,24,26H2,1-4H3. The lowest BCUT2D eigenvalue weighted by Crippen LogP contribution is -2.13. The Kier molecular flexibility index (Phi) is 7.92. The fourth-order valence-corrected chi connectivity index (χ4v) is 8.39. The summed E-state index contributed by atoms with van der Waals surface area (Å²) >= 11 is 0. The Balaban J connectivity index is 1.21. The molecular weight excluding hydrogens is 629 g/mol. The van der Waals surface area contributed by atoms with Gasteiger partial charge >= 0.3 is 0 Å². The molecule has 0 saturated carbocycles. The normalized spacial score (nSPS) is 15.1. The molecule has 52 heavy (non-hydrogen) atoms. The average Bonchev–Trinajstić information content (AvgIpc) is 3.17. The van der Waals surface area contributed by atoms with Crippen LogP contribution in [0.5, 0.6) is 0 Å². The van der Waals surface area contributed by atoms with Gasteiger partial charge in [-0.1, -0.05) is 130 Å². The van der Waals surface area contributed by atoms with Gasteiger partial charge in [0, 0.05) is 23.2 Å². The predicted octanol–water partition coefficient (Wildman–Crippen LogP) is 13.5. The quantitative estimate of drug-likeness (QED) is 0.175. The SMILES string of the molecule is Cc1ccccc1-c1ccccc1Nc1cccc(-c2cc(-c3ccc(C4CC=CC=N4)cc3)c3ccc4cc(C(C)(C)C)cc5c4c3c2CC5)c1. The van der Waals surface area contributed by atoms with E-state index in [4.69, 9.17) is 4.99 Å². The minimum atomic E-state index is 0.0954. The average molecular weight is 673 g/mol. The predicted molar refractivity (Wildman–Crippen MR) is 223 cm³/mol. The zero-order valence-electron chi connectivity index (χ0n) is 30.5. The number of nitrogens with zero attached hydrogens (tertiary/aromatic N) is 1. The van der Waals surface area contributed by atoms with Gasteiger partial charge in [0.25, 0.3) is 0 Å². The van der Waals surface area contributed by atoms with Crippen LogP contribution in [-0.4, -0.2) is 6.21 Å². The van der Waals surface area contributed by atoms with Crippen molar-refractivity contribution in [2.75, 3.05) is 5.32 Å². The summed E-state index contributed by atoms with van der Waals surface area (Å²) in [6.45, 7) is 9.16. The van der Waals surface area contributed by atoms with Crippen LogP contribution in [0.1, 0.15) is 61.1 Å². The number of para-hydroxylation sites is 1. The summed E-state index contributed by atoms with van der Waals surface area (Å²) in [7, 11) is 0. The fraction of sp³-hybridized carbons (Fsp3) is 0.180. The highest BCUT2D eigenvalue weighted by Gasteiger charge is 2.25. The first kappa shape index (κ1) is 32.2. The molecule has 254 valence electrons. The minimum absolute atomic E-state index is 0.0954. The van der Waals surface area contributed by atoms with Crippen LogP contribution < -0.4 is 5.32 Å². The Morgan fingerprint density at radius 1 is 0.654 bits per heavy atom. The summed E-state index contributed by atoms with van der Waals surface area (Å²) in [5, 5.41) is 9.34. The first-order chi connectivity index (χ1) is 25.3. The number of hydrogen-bond donors (Lipinski definition) is 1. The second kappa shape index (κ2) is 12.8. The molecule has 2 nitrogen and oxygen atoms in total. The Bertz CT molecular complexity index is 2560. The van der Waals surface area contributed by atoms with Gasteiger partial charge in [0.2, 0.25) is 0 Å². The van der Waals surface area contributed by atoms with E-state index >= 15 is 0 Å². The van der Waals surface area contributed by atoms with Crippen molar-refractivity contribution in [1.82, 2.24) is 0 Å². The van der Waals surface area contributed by atoms with Crippen LogP contribution in [0.4, 0.5) is 11.4 Å². The molecule has 0 radical (unpaired) electrons. The van der Waals surface area contributed by atoms with E-state index in [1.165, 1.54) is 82.7 Å². The minimum Gasteiger partial charge on any atom is -0.355 e. The summed E-state index contributed by atoms with van der Waals surface area (Å²) in [6.07, 6.45) is 9.19. The Labute approximate surface area is 307 Å². The molecule has 0 saturated heterocycles. The first-order valence-electron chi connectivity index (χ1n) is 18.7. The number of benzene rings is 7. The van der Waals surface area contributed by atoms with Crippen molar-refractivity contribution in [1.29, 1.82) is 0 Å². The topological polar surface area (TPSA) is 24.4 Å². The molecule has 0 spiro atoms. The fourth-order valence-electron chi connectivity index (χ4n) is 8.39. The molecule has 1 heterocycles. The van der Waals surface area contributed by atoms with Gasteiger partial charge in [-0.25, -0.2) is 0 Å². The number of rotatable bonds is 6. The van der Waals surface area contributed by atoms with Crippen molar-refractivity contribution in [2.45, 2.75) is 58.4 Å². The lowest BCUT2D eigenvalue weighted by Gasteiger charge is -2.27. The van der Waals surface area contributed by atoms with E-state index in [9.17, 15) is 0 Å². The molecule has 7 aromatic rings. The van der Waals surface area contributed by atoms with E-state index < -0.39 is 0 Å². The van der Waals surface area contributed by atoms with Crippen molar-refractivity contribution >= 4 is 39.1 Å². The molecule has 7 aromatic carbocycles. The van der Waals surface area contributed by atoms with Gasteiger partial charge in [0.05, 0.1) is 6.04 Å². The summed E-state index contributed by atoms with van der Waals surface area (Å²) < 4.78 is 0. The Morgan fingerprint density at radius 3 is 2.25 bits per heavy atom. The van der Waals surface area contributed by atoms with E-state index in [0.717, 1.165) is 30.6 Å². The van der Waals surface area contributed by atoms with Crippen molar-refractivity contribution < 1.29 is 0 Å². The van der Waals surface area contributed by atoms with Crippen molar-refractivity contribution in [3.63, 3.8) is 0 Å². The Hall–Kier alpha value is -5.73. The van der Waals surface area contributed by atoms with Gasteiger partial charge in [0.1, 0.15) is 0 Å². The van der Waals surface area contributed by atoms with Crippen molar-refractivity contribution in [3.8, 4) is 33.4 Å². The zero-order valence-corrected chi connectivity index (χ0v) is 30.5. The summed E-state index contributed by atoms with van der Waals surface area (Å²) in [6, 6.07) is 47.8. The Morgan fingerprint density at radius 2 is 1.46 bits per heavy atom. The van der Waals surface area contributed by atoms with Gasteiger partial charge in [-0.3, -0.25) is 4.99 Å². The summed E-state index contributed by atoms with van der Waals surface area (Å²) in [5.74, 6) is 0. The van der Waals surface area contributed by atoms with Crippen LogP contribution >= 0.6 is 0 Å². The monoisotopic (exact) mass is 672 g/mol. The molecule has 2 heteroatoms. The molecule has 1 aliphatic heterocycles. The van der Waals surface area contributed by atoms with Crippen LogP contribution in [0.3, 0.4) is 0 Å². The lowest BCUT2D eigenvalue weighted by atomic mass is 9.77. The molecule has 0 fully saturated rings. The van der Waals surface area contributed by atoms with Crippen LogP contribution in [-0.2, 0) is 18.3 Å². The maximum absolute atomic E-state index is 4.74. The van der Waals surface area contributed by atoms with Crippen LogP contribution in [0.2, 0.25) is 0 Å². The number of anilines is 2. The van der Waals surface area contributed by atoms with Crippen LogP contribution in [0, 0.1) is 6.92 Å². The van der Waals surface area contributed by atoms with Gasteiger partial charge < -0.3 is 5.32 Å². The largest absolute Gasteiger partial charge is 0.355 e. The maximum atomic E-state index is 4.74. The highest BCUT2D eigenvalue weighted by molar-refractivity contribution is 6.17. The number of dihydropyridines is 1. The third-order valence-corrected chi connectivity index (χ3v) is 11.2. The number of allylic oxidation sites excluding steroid dienone is 1. The molecule has 1 atom stereocenters. The van der Waals surface area contributed by atoms with E-state index in [-0.39, 0.29) is 11.5 Å². The molecule has 9 rings (SSSR count). The van der Waals surface area contributed by atoms with Gasteiger partial charge in [-0.2, -0.15) is 0 Å². The van der Waals surface area contributed by atoms with E-state index in [2.05, 4.69) is 166 Å². The number of hydrogen-bond acceptors (Lipinski definition) is 2. The second-order valence-corrected chi connectivity index (χ2v) is 15.6. The molecular formula is C50H44N2. The molecule has 0 aromatic heterocycles. The third kappa shape index (κ3) is 5.73. The summed E-state index contributed by atoms with van der Waals surface area (Å²) in [5.41, 5.74) is 16.7. The van der Waals surface area contributed by atoms with Crippen LogP contribution in [0.15, 0.2) is 145 Å². The van der Waals surface area contributed by atoms with E-state index in [0.29, 0.717) is 0 Å². The second-order valence-electron chi connectivity index (χ2n) is 15.6. The zero-order chi connectivity index (χ0) is 35.4. The van der Waals surface area contributed by atoms with Gasteiger partial charge in [0.15, 0.2) is 0 Å². The molecule has 1 unspecified atom stereocenters. The maximum Gasteiger partial charge on any atom is 0.0783 e. The number of aliphatic imine (C=N–C) groups is 1. The molecule has 2 aliphatic rings. The number of aryl methyl sites for hydroxylation is 3. The van der Waals surface area contributed by atoms with Crippen LogP contribution in [0.25, 0.3) is 54.9 Å². The van der Waals surface area contributed by atoms with Gasteiger partial charge in [-0.15, -0.1) is 0 Å². The lowest BCUT2D eigenvalue weighted by molar-refractivity contribution is 0.590. The summed E-state index contributed by atoms with van der Waals surface area (Å²) in [4.78, 5) is 4.74. The number of nitrogens with one attached hydrogen (secondary N) is 1. The third-order valence-electron chi connectivity index (χ3n) is 11.2. The smallest absolute Gasteiger partial charge is 0.0783 e. The first-order valence-corrected chi connectivity index (χ1v) is 18.7. The van der Waals surface area contributed by atoms with Gasteiger partial charge in [-0.05, 0) is 139 Å². The highest BCUT2D eigenvalue weighted by Crippen LogP contribution is 2.46. The molecule has 1 aliphatic carbocycles. The molecule has 0 bridgehead atoms. The van der Waals surface area contributed by atoms with E-state index in [1.807, 2.05) is 12.3 Å². The van der Waals surface area contributed by atoms with E-state index in [1.54, 1.807) is 0 Å². The molecule has 1 N–H and O–H groups in total.